The number of rotatable bonds is 4. The predicted octanol–water partition coefficient (Wildman–Crippen LogP) is 2.98. The molecule has 0 spiro atoms. The van der Waals surface area contributed by atoms with Crippen molar-refractivity contribution in [2.75, 3.05) is 42.5 Å². The van der Waals surface area contributed by atoms with E-state index in [-0.39, 0.29) is 30.5 Å². The lowest BCUT2D eigenvalue weighted by Gasteiger charge is -2.36. The molecule has 8 heteroatoms. The Morgan fingerprint density at radius 3 is 2.42 bits per heavy atom. The first-order valence-corrected chi connectivity index (χ1v) is 11.1. The van der Waals surface area contributed by atoms with E-state index in [9.17, 15) is 14.0 Å². The zero-order chi connectivity index (χ0) is 22.8. The van der Waals surface area contributed by atoms with Crippen molar-refractivity contribution in [2.45, 2.75) is 6.42 Å². The largest absolute Gasteiger partial charge is 0.353 e. The first-order chi connectivity index (χ1) is 16.1. The molecule has 7 nitrogen and oxygen atoms in total. The molecule has 2 fully saturated rings. The molecule has 1 aromatic heterocycles. The number of nitrogens with zero attached hydrogens (tertiary/aromatic N) is 5. The number of carbonyl (C=O) groups is 2. The average Bonchev–Trinajstić information content (AvgIpc) is 3.26. The number of benzene rings is 2. The van der Waals surface area contributed by atoms with Crippen LogP contribution in [0, 0.1) is 11.7 Å². The quantitative estimate of drug-likeness (QED) is 0.618. The van der Waals surface area contributed by atoms with Gasteiger partial charge in [0, 0.05) is 50.9 Å². The maximum absolute atomic E-state index is 14.1. The van der Waals surface area contributed by atoms with Gasteiger partial charge in [-0.05, 0) is 18.2 Å². The molecule has 0 saturated carbocycles. The Balaban J connectivity index is 1.22. The number of carbonyl (C=O) groups excluding carboxylic acids is 2. The molecule has 2 saturated heterocycles. The van der Waals surface area contributed by atoms with Gasteiger partial charge in [0.25, 0.3) is 0 Å². The van der Waals surface area contributed by atoms with Crippen molar-refractivity contribution in [3.8, 4) is 11.4 Å². The van der Waals surface area contributed by atoms with Crippen molar-refractivity contribution in [3.05, 3.63) is 72.7 Å². The topological polar surface area (TPSA) is 69.6 Å². The van der Waals surface area contributed by atoms with Crippen molar-refractivity contribution in [3.63, 3.8) is 0 Å². The van der Waals surface area contributed by atoms with Gasteiger partial charge in [0.15, 0.2) is 5.82 Å². The number of amides is 2. The molecule has 2 aromatic carbocycles. The molecule has 33 heavy (non-hydrogen) atoms. The minimum atomic E-state index is -0.452. The Hall–Kier alpha value is -3.81. The molecule has 0 radical (unpaired) electrons. The summed E-state index contributed by atoms with van der Waals surface area (Å²) < 4.78 is 14.1. The van der Waals surface area contributed by atoms with Gasteiger partial charge in [-0.15, -0.1) is 0 Å². The van der Waals surface area contributed by atoms with Crippen molar-refractivity contribution in [2.24, 2.45) is 5.92 Å². The van der Waals surface area contributed by atoms with Gasteiger partial charge in [0.05, 0.1) is 11.6 Å². The Labute approximate surface area is 191 Å². The van der Waals surface area contributed by atoms with Crippen LogP contribution in [0.1, 0.15) is 6.42 Å². The average molecular weight is 445 g/mol. The molecule has 0 aliphatic carbocycles. The number of hydrogen-bond acceptors (Lipinski definition) is 5. The van der Waals surface area contributed by atoms with E-state index in [2.05, 4.69) is 9.88 Å². The lowest BCUT2D eigenvalue weighted by atomic mass is 10.1. The minimum Gasteiger partial charge on any atom is -0.353 e. The van der Waals surface area contributed by atoms with E-state index in [0.29, 0.717) is 32.0 Å². The van der Waals surface area contributed by atoms with Crippen molar-refractivity contribution in [1.82, 2.24) is 14.9 Å². The highest BCUT2D eigenvalue weighted by molar-refractivity contribution is 6.00. The Bertz CT molecular complexity index is 1160. The fraction of sp³-hybridized carbons (Fsp3) is 0.280. The third-order valence-electron chi connectivity index (χ3n) is 6.21. The Morgan fingerprint density at radius 2 is 1.67 bits per heavy atom. The second-order valence-electron chi connectivity index (χ2n) is 8.27. The van der Waals surface area contributed by atoms with E-state index >= 15 is 0 Å². The van der Waals surface area contributed by atoms with E-state index in [1.807, 2.05) is 36.4 Å². The molecular formula is C25H24FN5O2. The van der Waals surface area contributed by atoms with Gasteiger partial charge in [0.2, 0.25) is 11.8 Å². The summed E-state index contributed by atoms with van der Waals surface area (Å²) in [5.41, 5.74) is 1.19. The standard InChI is InChI=1S/C25H24FN5O2/c26-20-8-4-5-9-21(20)31-17-19(16-23(31)32)25(33)30-14-12-29(13-15-30)22-10-11-27-24(28-22)18-6-2-1-3-7-18/h1-11,19H,12-17H2. The molecule has 3 heterocycles. The number of aromatic nitrogens is 2. The third-order valence-corrected chi connectivity index (χ3v) is 6.21. The number of halogens is 1. The van der Waals surface area contributed by atoms with Crippen molar-refractivity contribution >= 4 is 23.3 Å². The molecule has 0 bridgehead atoms. The number of hydrogen-bond donors (Lipinski definition) is 0. The van der Waals surface area contributed by atoms with Gasteiger partial charge < -0.3 is 14.7 Å². The molecule has 2 aliphatic heterocycles. The zero-order valence-corrected chi connectivity index (χ0v) is 18.1. The van der Waals surface area contributed by atoms with Crippen LogP contribution in [0.4, 0.5) is 15.9 Å². The van der Waals surface area contributed by atoms with Crippen LogP contribution in [-0.4, -0.2) is 59.4 Å². The normalized spacial score (nSPS) is 18.6. The maximum atomic E-state index is 14.1. The summed E-state index contributed by atoms with van der Waals surface area (Å²) >= 11 is 0. The van der Waals surface area contributed by atoms with Crippen LogP contribution < -0.4 is 9.80 Å². The summed E-state index contributed by atoms with van der Waals surface area (Å²) in [5, 5.41) is 0. The van der Waals surface area contributed by atoms with Crippen LogP contribution in [0.2, 0.25) is 0 Å². The Morgan fingerprint density at radius 1 is 0.939 bits per heavy atom. The molecule has 168 valence electrons. The summed E-state index contributed by atoms with van der Waals surface area (Å²) in [5.74, 6) is 0.336. The van der Waals surface area contributed by atoms with Crippen LogP contribution in [0.15, 0.2) is 66.9 Å². The first kappa shape index (κ1) is 21.1. The summed E-state index contributed by atoms with van der Waals surface area (Å²) in [6.07, 6.45) is 1.86. The second-order valence-corrected chi connectivity index (χ2v) is 8.27. The highest BCUT2D eigenvalue weighted by atomic mass is 19.1. The molecule has 3 aromatic rings. The molecule has 2 amide bonds. The minimum absolute atomic E-state index is 0.0468. The number of para-hydroxylation sites is 1. The van der Waals surface area contributed by atoms with Crippen LogP contribution in [0.3, 0.4) is 0 Å². The summed E-state index contributed by atoms with van der Waals surface area (Å²) in [6, 6.07) is 17.9. The second kappa shape index (κ2) is 8.97. The summed E-state index contributed by atoms with van der Waals surface area (Å²) in [7, 11) is 0. The van der Waals surface area contributed by atoms with Gasteiger partial charge in [-0.3, -0.25) is 9.59 Å². The van der Waals surface area contributed by atoms with Crippen LogP contribution >= 0.6 is 0 Å². The molecule has 2 aliphatic rings. The molecular weight excluding hydrogens is 421 g/mol. The summed E-state index contributed by atoms with van der Waals surface area (Å²) in [6.45, 7) is 2.61. The lowest BCUT2D eigenvalue weighted by molar-refractivity contribution is -0.136. The van der Waals surface area contributed by atoms with E-state index in [0.717, 1.165) is 11.4 Å². The van der Waals surface area contributed by atoms with Gasteiger partial charge in [-0.1, -0.05) is 42.5 Å². The molecule has 1 atom stereocenters. The third kappa shape index (κ3) is 4.28. The Kier molecular flexibility index (Phi) is 5.73. The van der Waals surface area contributed by atoms with Crippen LogP contribution in [0.5, 0.6) is 0 Å². The van der Waals surface area contributed by atoms with E-state index < -0.39 is 11.7 Å². The number of anilines is 2. The van der Waals surface area contributed by atoms with Crippen LogP contribution in [-0.2, 0) is 9.59 Å². The van der Waals surface area contributed by atoms with E-state index in [4.69, 9.17) is 4.98 Å². The molecule has 0 N–H and O–H groups in total. The first-order valence-electron chi connectivity index (χ1n) is 11.1. The predicted molar refractivity (Wildman–Crippen MR) is 123 cm³/mol. The lowest BCUT2D eigenvalue weighted by Crippen LogP contribution is -2.51. The van der Waals surface area contributed by atoms with E-state index in [1.54, 1.807) is 29.3 Å². The van der Waals surface area contributed by atoms with Crippen molar-refractivity contribution < 1.29 is 14.0 Å². The van der Waals surface area contributed by atoms with Gasteiger partial charge in [-0.2, -0.15) is 0 Å². The SMILES string of the molecule is O=C(C1CC(=O)N(c2ccccc2F)C1)N1CCN(c2ccnc(-c3ccccc3)n2)CC1. The highest BCUT2D eigenvalue weighted by Gasteiger charge is 2.38. The van der Waals surface area contributed by atoms with Crippen molar-refractivity contribution in [1.29, 1.82) is 0 Å². The smallest absolute Gasteiger partial charge is 0.228 e. The molecule has 1 unspecified atom stereocenters. The maximum Gasteiger partial charge on any atom is 0.228 e. The zero-order valence-electron chi connectivity index (χ0n) is 18.1. The molecule has 5 rings (SSSR count). The fourth-order valence-electron chi connectivity index (χ4n) is 4.44. The van der Waals surface area contributed by atoms with E-state index in [1.165, 1.54) is 11.0 Å². The number of piperazine rings is 1. The van der Waals surface area contributed by atoms with Gasteiger partial charge in [0.1, 0.15) is 11.6 Å². The fourth-order valence-corrected chi connectivity index (χ4v) is 4.44. The van der Waals surface area contributed by atoms with Gasteiger partial charge in [-0.25, -0.2) is 14.4 Å². The summed E-state index contributed by atoms with van der Waals surface area (Å²) in [4.78, 5) is 40.0. The van der Waals surface area contributed by atoms with Crippen LogP contribution in [0.25, 0.3) is 11.4 Å². The highest BCUT2D eigenvalue weighted by Crippen LogP contribution is 2.29. The van der Waals surface area contributed by atoms with Gasteiger partial charge >= 0.3 is 0 Å². The monoisotopic (exact) mass is 445 g/mol.